The summed E-state index contributed by atoms with van der Waals surface area (Å²) in [4.78, 5) is 27.0. The molecule has 0 saturated carbocycles. The largest absolute Gasteiger partial charge is 0.475 e. The van der Waals surface area contributed by atoms with Crippen molar-refractivity contribution in [2.75, 3.05) is 10.8 Å². The molecule has 2 heterocycles. The van der Waals surface area contributed by atoms with Gasteiger partial charge in [-0.3, -0.25) is 9.10 Å². The van der Waals surface area contributed by atoms with E-state index in [4.69, 9.17) is 27.6 Å². The minimum atomic E-state index is -4.16. The molecule has 9 nitrogen and oxygen atoms in total. The average molecular weight is 655 g/mol. The number of anilines is 1. The molecule has 12 heteroatoms. The number of furan rings is 1. The minimum absolute atomic E-state index is 0.0268. The van der Waals surface area contributed by atoms with Crippen LogP contribution < -0.4 is 4.31 Å². The van der Waals surface area contributed by atoms with E-state index in [0.29, 0.717) is 37.8 Å². The molecule has 0 bridgehead atoms. The number of nitrogens with zero attached hydrogens (tertiary/aromatic N) is 3. The molecule has 0 aliphatic heterocycles. The molecule has 0 atom stereocenters. The Morgan fingerprint density at radius 1 is 0.977 bits per heavy atom. The highest BCUT2D eigenvalue weighted by Gasteiger charge is 2.29. The Balaban J connectivity index is 1.58. The summed E-state index contributed by atoms with van der Waals surface area (Å²) in [6.07, 6.45) is 1.88. The number of carbonyl (C=O) groups is 2. The Labute approximate surface area is 264 Å². The summed E-state index contributed by atoms with van der Waals surface area (Å²) in [7, 11) is -2.28. The number of aromatic nitrogens is 1. The zero-order valence-corrected chi connectivity index (χ0v) is 26.4. The van der Waals surface area contributed by atoms with Crippen LogP contribution >= 0.6 is 23.2 Å². The van der Waals surface area contributed by atoms with Gasteiger partial charge in [0.25, 0.3) is 15.9 Å². The van der Waals surface area contributed by atoms with Crippen LogP contribution in [0.4, 0.5) is 5.69 Å². The summed E-state index contributed by atoms with van der Waals surface area (Å²) in [6.45, 7) is 3.59. The van der Waals surface area contributed by atoms with Gasteiger partial charge in [-0.05, 0) is 80.1 Å². The number of aromatic carboxylic acids is 1. The van der Waals surface area contributed by atoms with E-state index in [2.05, 4.69) is 0 Å². The van der Waals surface area contributed by atoms with Gasteiger partial charge < -0.3 is 19.0 Å². The molecular formula is C32H29Cl2N3O6S. The summed E-state index contributed by atoms with van der Waals surface area (Å²) in [5.41, 5.74) is 2.62. The van der Waals surface area contributed by atoms with Gasteiger partial charge in [0, 0.05) is 48.0 Å². The number of benzene rings is 3. The molecule has 3 aromatic carbocycles. The number of aryl methyl sites for hydroxylation is 2. The lowest BCUT2D eigenvalue weighted by atomic mass is 10.1. The molecule has 228 valence electrons. The number of sulfonamides is 1. The van der Waals surface area contributed by atoms with E-state index in [-0.39, 0.29) is 41.8 Å². The van der Waals surface area contributed by atoms with Crippen LogP contribution in [0.3, 0.4) is 0 Å². The number of fused-ring (bicyclic) bond motifs is 1. The normalized spacial score (nSPS) is 11.6. The Morgan fingerprint density at radius 3 is 2.39 bits per heavy atom. The Bertz CT molecular complexity index is 2000. The Hall–Kier alpha value is -4.25. The molecule has 0 radical (unpaired) electrons. The second-order valence-electron chi connectivity index (χ2n) is 10.2. The topological polar surface area (TPSA) is 113 Å². The standard InChI is InChI=1S/C32H29Cl2N3O6S/c1-4-37(44(41,42)24-12-14-29-26(17-24)20(2)30(43-29)32(39)40)28-13-11-22(33)16-21(28)18-36(19-23-8-7-15-35(23)3)31(38)25-9-5-6-10-27(25)34/h5-17H,4,18-19H2,1-3H3,(H,39,40). The average Bonchev–Trinajstić information content (AvgIpc) is 3.55. The van der Waals surface area contributed by atoms with Gasteiger partial charge in [0.2, 0.25) is 5.76 Å². The van der Waals surface area contributed by atoms with Gasteiger partial charge >= 0.3 is 5.97 Å². The first-order chi connectivity index (χ1) is 20.9. The van der Waals surface area contributed by atoms with E-state index < -0.39 is 16.0 Å². The van der Waals surface area contributed by atoms with E-state index in [1.807, 2.05) is 29.9 Å². The fourth-order valence-electron chi connectivity index (χ4n) is 5.15. The van der Waals surface area contributed by atoms with Crippen LogP contribution in [0.2, 0.25) is 10.0 Å². The van der Waals surface area contributed by atoms with Crippen LogP contribution in [0.15, 0.2) is 88.3 Å². The maximum Gasteiger partial charge on any atom is 0.372 e. The predicted octanol–water partition coefficient (Wildman–Crippen LogP) is 7.14. The highest BCUT2D eigenvalue weighted by atomic mass is 35.5. The zero-order valence-electron chi connectivity index (χ0n) is 24.1. The highest BCUT2D eigenvalue weighted by Crippen LogP contribution is 2.34. The monoisotopic (exact) mass is 653 g/mol. The first-order valence-electron chi connectivity index (χ1n) is 13.6. The van der Waals surface area contributed by atoms with Gasteiger partial charge in [-0.2, -0.15) is 0 Å². The number of hydrogen-bond acceptors (Lipinski definition) is 5. The van der Waals surface area contributed by atoms with Crippen LogP contribution in [0.25, 0.3) is 11.0 Å². The summed E-state index contributed by atoms with van der Waals surface area (Å²) < 4.78 is 36.8. The zero-order chi connectivity index (χ0) is 31.8. The summed E-state index contributed by atoms with van der Waals surface area (Å²) >= 11 is 12.8. The van der Waals surface area contributed by atoms with Gasteiger partial charge in [0.05, 0.1) is 27.7 Å². The maximum absolute atomic E-state index is 14.1. The number of halogens is 2. The van der Waals surface area contributed by atoms with Crippen LogP contribution in [-0.2, 0) is 30.2 Å². The second-order valence-corrected chi connectivity index (χ2v) is 12.9. The predicted molar refractivity (Wildman–Crippen MR) is 170 cm³/mol. The van der Waals surface area contributed by atoms with E-state index in [1.54, 1.807) is 61.2 Å². The van der Waals surface area contributed by atoms with Crippen LogP contribution in [0.5, 0.6) is 0 Å². The first kappa shape index (κ1) is 31.2. The molecule has 0 unspecified atom stereocenters. The second kappa shape index (κ2) is 12.4. The van der Waals surface area contributed by atoms with Crippen molar-refractivity contribution in [1.29, 1.82) is 0 Å². The van der Waals surface area contributed by atoms with Gasteiger partial charge in [-0.1, -0.05) is 35.3 Å². The lowest BCUT2D eigenvalue weighted by Crippen LogP contribution is -2.34. The van der Waals surface area contributed by atoms with Crippen LogP contribution in [0, 0.1) is 6.92 Å². The molecule has 5 rings (SSSR count). The number of carbonyl (C=O) groups excluding carboxylic acids is 1. The molecule has 2 aromatic heterocycles. The molecule has 0 aliphatic rings. The summed E-state index contributed by atoms with van der Waals surface area (Å²) in [5, 5.41) is 10.5. The maximum atomic E-state index is 14.1. The van der Waals surface area contributed by atoms with Crippen molar-refractivity contribution in [3.63, 3.8) is 0 Å². The molecular weight excluding hydrogens is 625 g/mol. The molecule has 44 heavy (non-hydrogen) atoms. The quantitative estimate of drug-likeness (QED) is 0.171. The minimum Gasteiger partial charge on any atom is -0.475 e. The SMILES string of the molecule is CCN(c1ccc(Cl)cc1CN(Cc1cccn1C)C(=O)c1ccccc1Cl)S(=O)(=O)c1ccc2oc(C(=O)O)c(C)c2c1. The first-order valence-corrected chi connectivity index (χ1v) is 15.8. The van der Waals surface area contributed by atoms with E-state index >= 15 is 0 Å². The van der Waals surface area contributed by atoms with Crippen molar-refractivity contribution in [2.24, 2.45) is 7.05 Å². The molecule has 0 saturated heterocycles. The third-order valence-corrected chi connectivity index (χ3v) is 9.89. The molecule has 1 N–H and O–H groups in total. The third kappa shape index (κ3) is 5.93. The molecule has 0 aliphatic carbocycles. The third-order valence-electron chi connectivity index (χ3n) is 7.44. The molecule has 1 amide bonds. The number of carboxylic acids is 1. The summed E-state index contributed by atoms with van der Waals surface area (Å²) in [5.74, 6) is -1.82. The Kier molecular flexibility index (Phi) is 8.78. The lowest BCUT2D eigenvalue weighted by molar-refractivity contribution is 0.0663. The lowest BCUT2D eigenvalue weighted by Gasteiger charge is -2.29. The number of hydrogen-bond donors (Lipinski definition) is 1. The molecule has 5 aromatic rings. The summed E-state index contributed by atoms with van der Waals surface area (Å²) in [6, 6.07) is 19.6. The van der Waals surface area contributed by atoms with Gasteiger partial charge in [0.15, 0.2) is 0 Å². The van der Waals surface area contributed by atoms with Gasteiger partial charge in [-0.15, -0.1) is 0 Å². The van der Waals surface area contributed by atoms with Gasteiger partial charge in [0.1, 0.15) is 5.58 Å². The van der Waals surface area contributed by atoms with E-state index in [1.165, 1.54) is 22.5 Å². The molecule has 0 spiro atoms. The Morgan fingerprint density at radius 2 is 1.73 bits per heavy atom. The number of carboxylic acid groups (broad SMARTS) is 1. The fraction of sp³-hybridized carbons (Fsp3) is 0.188. The van der Waals surface area contributed by atoms with E-state index in [9.17, 15) is 23.1 Å². The van der Waals surface area contributed by atoms with Crippen molar-refractivity contribution < 1.29 is 27.5 Å². The number of amides is 1. The van der Waals surface area contributed by atoms with Crippen molar-refractivity contribution in [1.82, 2.24) is 9.47 Å². The van der Waals surface area contributed by atoms with Crippen LogP contribution in [0.1, 0.15) is 44.7 Å². The highest BCUT2D eigenvalue weighted by molar-refractivity contribution is 7.92. The van der Waals surface area contributed by atoms with Gasteiger partial charge in [-0.25, -0.2) is 13.2 Å². The molecule has 0 fully saturated rings. The van der Waals surface area contributed by atoms with Crippen molar-refractivity contribution in [3.05, 3.63) is 117 Å². The van der Waals surface area contributed by atoms with Crippen molar-refractivity contribution in [3.8, 4) is 0 Å². The van der Waals surface area contributed by atoms with E-state index in [0.717, 1.165) is 5.69 Å². The van der Waals surface area contributed by atoms with Crippen LogP contribution in [-0.4, -0.2) is 41.4 Å². The fourth-order valence-corrected chi connectivity index (χ4v) is 7.10. The van der Waals surface area contributed by atoms with Crippen molar-refractivity contribution >= 4 is 61.8 Å². The number of rotatable bonds is 10. The van der Waals surface area contributed by atoms with Crippen molar-refractivity contribution in [2.45, 2.75) is 31.8 Å². The smallest absolute Gasteiger partial charge is 0.372 e.